The fourth-order valence-electron chi connectivity index (χ4n) is 6.72. The van der Waals surface area contributed by atoms with Gasteiger partial charge in [-0.05, 0) is 106 Å². The van der Waals surface area contributed by atoms with Crippen molar-refractivity contribution in [2.75, 3.05) is 0 Å². The van der Waals surface area contributed by atoms with Crippen molar-refractivity contribution in [1.82, 2.24) is 0 Å². The first-order valence-electron chi connectivity index (χ1n) is 16.0. The Kier molecular flexibility index (Phi) is 11.1. The average molecular weight is 698 g/mol. The Labute approximate surface area is 289 Å². The van der Waals surface area contributed by atoms with Crippen LogP contribution in [-0.2, 0) is 9.61 Å². The Balaban J connectivity index is 0.00000235. The highest BCUT2D eigenvalue weighted by Crippen LogP contribution is 2.62. The smallest absolute Gasteiger partial charge is 0.160 e. The van der Waals surface area contributed by atoms with Gasteiger partial charge < -0.3 is 9.84 Å². The first kappa shape index (κ1) is 35.6. The third kappa shape index (κ3) is 6.75. The molecule has 2 nitrogen and oxygen atoms in total. The second-order valence-corrected chi connectivity index (χ2v) is 13.8. The van der Waals surface area contributed by atoms with E-state index in [2.05, 4.69) is 116 Å². The van der Waals surface area contributed by atoms with Crippen molar-refractivity contribution in [3.63, 3.8) is 0 Å². The second-order valence-electron chi connectivity index (χ2n) is 12.2. The topological polar surface area (TPSA) is 29.5 Å². The van der Waals surface area contributed by atoms with Gasteiger partial charge in [-0.15, -0.1) is 11.6 Å². The quantitative estimate of drug-likeness (QED) is 0.130. The zero-order chi connectivity index (χ0) is 34.0. The lowest BCUT2D eigenvalue weighted by atomic mass is 9.63. The largest absolute Gasteiger partial charge is 0.366 e. The van der Waals surface area contributed by atoms with Gasteiger partial charge in [0, 0.05) is 16.8 Å². The Morgan fingerprint density at radius 2 is 1.74 bits per heavy atom. The first-order valence-corrected chi connectivity index (χ1v) is 17.2. The Morgan fingerprint density at radius 1 is 1.09 bits per heavy atom. The van der Waals surface area contributed by atoms with Crippen LogP contribution in [0, 0.1) is 0 Å². The number of allylic oxidation sites excluding steroid dienone is 7. The van der Waals surface area contributed by atoms with Gasteiger partial charge in [0.2, 0.25) is 0 Å². The maximum atomic E-state index is 10.8. The van der Waals surface area contributed by atoms with E-state index < -0.39 is 10.7 Å². The highest BCUT2D eigenvalue weighted by molar-refractivity contribution is 9.11. The van der Waals surface area contributed by atoms with Gasteiger partial charge in [-0.2, -0.15) is 0 Å². The molecule has 0 fully saturated rings. The zero-order valence-electron chi connectivity index (χ0n) is 28.0. The van der Waals surface area contributed by atoms with Gasteiger partial charge in [0.15, 0.2) is 5.79 Å². The minimum Gasteiger partial charge on any atom is -0.366 e. The summed E-state index contributed by atoms with van der Waals surface area (Å²) in [7, 11) is 0. The Bertz CT molecular complexity index is 1800. The molecule has 3 aromatic carbocycles. The average Bonchev–Trinajstić information content (AvgIpc) is 3.01. The molecular weight excluding hydrogens is 652 g/mol. The van der Waals surface area contributed by atoms with Crippen LogP contribution in [0.4, 0.5) is 0 Å². The van der Waals surface area contributed by atoms with Crippen LogP contribution in [0.15, 0.2) is 109 Å². The predicted octanol–water partition coefficient (Wildman–Crippen LogP) is 12.6. The molecule has 46 heavy (non-hydrogen) atoms. The third-order valence-corrected chi connectivity index (χ3v) is 9.62. The number of ether oxygens (including phenoxy) is 1. The molecule has 0 radical (unpaired) electrons. The molecule has 1 N–H and O–H groups in total. The molecule has 4 heteroatoms. The summed E-state index contributed by atoms with van der Waals surface area (Å²) in [6, 6.07) is 14.9. The first-order chi connectivity index (χ1) is 21.8. The number of fused-ring (bicyclic) bond motifs is 2. The molecule has 3 unspecified atom stereocenters. The van der Waals surface area contributed by atoms with E-state index in [1.54, 1.807) is 13.8 Å². The number of halogens is 2. The van der Waals surface area contributed by atoms with Gasteiger partial charge in [0.25, 0.3) is 0 Å². The van der Waals surface area contributed by atoms with Crippen LogP contribution in [-0.4, -0.2) is 17.0 Å². The summed E-state index contributed by atoms with van der Waals surface area (Å²) in [6.07, 6.45) is 13.2. The van der Waals surface area contributed by atoms with Gasteiger partial charge in [-0.1, -0.05) is 129 Å². The van der Waals surface area contributed by atoms with Crippen LogP contribution in [0.5, 0.6) is 0 Å². The van der Waals surface area contributed by atoms with Crippen LogP contribution in [0.3, 0.4) is 0 Å². The summed E-state index contributed by atoms with van der Waals surface area (Å²) in [4.78, 5) is -0.934. The van der Waals surface area contributed by atoms with Crippen molar-refractivity contribution >= 4 is 56.0 Å². The predicted molar refractivity (Wildman–Crippen MR) is 205 cm³/mol. The Hall–Kier alpha value is -3.21. The molecule has 3 aromatic rings. The van der Waals surface area contributed by atoms with Gasteiger partial charge in [-0.3, -0.25) is 0 Å². The van der Waals surface area contributed by atoms with Crippen LogP contribution in [0.1, 0.15) is 88.1 Å². The second kappa shape index (κ2) is 14.3. The van der Waals surface area contributed by atoms with Crippen LogP contribution in [0.25, 0.3) is 39.6 Å². The molecule has 0 saturated heterocycles. The van der Waals surface area contributed by atoms with Crippen LogP contribution < -0.4 is 0 Å². The molecule has 0 aromatic heterocycles. The van der Waals surface area contributed by atoms with Gasteiger partial charge in [0.1, 0.15) is 0 Å². The summed E-state index contributed by atoms with van der Waals surface area (Å²) >= 11 is 11.6. The van der Waals surface area contributed by atoms with Gasteiger partial charge in [-0.25, -0.2) is 0 Å². The van der Waals surface area contributed by atoms with E-state index in [1.165, 1.54) is 0 Å². The number of hydrogen-bond acceptors (Lipinski definition) is 2. The summed E-state index contributed by atoms with van der Waals surface area (Å²) < 4.78 is 7.27. The van der Waals surface area contributed by atoms with Gasteiger partial charge >= 0.3 is 0 Å². The summed E-state index contributed by atoms with van der Waals surface area (Å²) in [6.45, 7) is 28.8. The standard InChI is InChI=1S/C40H40BrClO2.C2H6/c1-9-12-15-27(24(4)5)20-25(6)34-30(10-2)31(11-3)35(29-19-18-26-16-13-14-17-28(26)21-29)37-36-32(41)22-40(42,38(34)37)23-33(36)44-39(7,8)43;1-2/h10-22,33,36,43H,2-4,6,9,23H2,1,5,7-8H3;1-2H3/b15-12-,27-20-;. The minimum absolute atomic E-state index is 0.216. The molecule has 0 spiro atoms. The molecule has 0 heterocycles. The fraction of sp³-hybridized carbons (Fsp3) is 0.286. The molecule has 0 amide bonds. The number of rotatable bonds is 10. The Morgan fingerprint density at radius 3 is 2.33 bits per heavy atom. The molecule has 0 aliphatic heterocycles. The maximum Gasteiger partial charge on any atom is 0.160 e. The SMILES string of the molecule is C=Cc1c(C=C)c(-c2ccc3ccccc3c2)c2c(c1C(=C)/C=C(/C=C\CC)C(=C)C)C1(Cl)C=C(Br)C2C(OC(C)(C)O)C1.CC. The minimum atomic E-state index is -1.34. The van der Waals surface area contributed by atoms with Crippen molar-refractivity contribution in [2.24, 2.45) is 0 Å². The molecule has 6 rings (SSSR count). The lowest BCUT2D eigenvalue weighted by molar-refractivity contribution is -0.212. The summed E-state index contributed by atoms with van der Waals surface area (Å²) in [5.74, 6) is -1.56. The highest BCUT2D eigenvalue weighted by atomic mass is 79.9. The maximum absolute atomic E-state index is 10.8. The molecule has 3 aliphatic rings. The number of alkyl halides is 1. The van der Waals surface area contributed by atoms with E-state index >= 15 is 0 Å². The van der Waals surface area contributed by atoms with E-state index in [1.807, 2.05) is 32.9 Å². The fourth-order valence-corrected chi connectivity index (χ4v) is 8.23. The van der Waals surface area contributed by atoms with E-state index in [-0.39, 0.29) is 12.0 Å². The van der Waals surface area contributed by atoms with Crippen molar-refractivity contribution in [3.05, 3.63) is 137 Å². The number of benzene rings is 3. The molecule has 3 atom stereocenters. The van der Waals surface area contributed by atoms with Crippen molar-refractivity contribution in [2.45, 2.75) is 77.1 Å². The monoisotopic (exact) mass is 696 g/mol. The summed E-state index contributed by atoms with van der Waals surface area (Å²) in [5.41, 5.74) is 9.73. The molecular formula is C42H46BrClO2. The van der Waals surface area contributed by atoms with Crippen molar-refractivity contribution in [1.29, 1.82) is 0 Å². The van der Waals surface area contributed by atoms with E-state index in [0.29, 0.717) is 6.42 Å². The molecule has 240 valence electrons. The molecule has 0 saturated carbocycles. The van der Waals surface area contributed by atoms with E-state index in [9.17, 15) is 5.11 Å². The van der Waals surface area contributed by atoms with Gasteiger partial charge in [0.05, 0.1) is 11.0 Å². The number of aliphatic hydroxyl groups is 1. The zero-order valence-corrected chi connectivity index (χ0v) is 30.4. The lowest BCUT2D eigenvalue weighted by Crippen LogP contribution is -2.46. The highest BCUT2D eigenvalue weighted by Gasteiger charge is 2.53. The van der Waals surface area contributed by atoms with Crippen LogP contribution in [0.2, 0.25) is 0 Å². The summed E-state index contributed by atoms with van der Waals surface area (Å²) in [5, 5.41) is 13.1. The normalized spacial score (nSPS) is 20.5. The third-order valence-electron chi connectivity index (χ3n) is 8.44. The van der Waals surface area contributed by atoms with Crippen LogP contribution >= 0.6 is 27.5 Å². The molecule has 3 aliphatic carbocycles. The molecule has 2 bridgehead atoms. The van der Waals surface area contributed by atoms with Crippen molar-refractivity contribution in [3.8, 4) is 11.1 Å². The number of hydrogen-bond donors (Lipinski definition) is 1. The van der Waals surface area contributed by atoms with E-state index in [4.69, 9.17) is 16.3 Å². The van der Waals surface area contributed by atoms with E-state index in [0.717, 1.165) is 77.3 Å². The lowest BCUT2D eigenvalue weighted by Gasteiger charge is -2.50. The van der Waals surface area contributed by atoms with Crippen molar-refractivity contribution < 1.29 is 9.84 Å².